The molecular formula is C19H21BN2O3. The highest BCUT2D eigenvalue weighted by molar-refractivity contribution is 6.61. The van der Waals surface area contributed by atoms with E-state index in [-0.39, 0.29) is 5.91 Å². The summed E-state index contributed by atoms with van der Waals surface area (Å²) < 4.78 is 7.56. The Hall–Kier alpha value is -2.05. The largest absolute Gasteiger partial charge is 0.491 e. The lowest BCUT2D eigenvalue weighted by Crippen LogP contribution is -2.42. The van der Waals surface area contributed by atoms with Crippen molar-refractivity contribution < 1.29 is 14.5 Å². The molecule has 5 rings (SSSR count). The van der Waals surface area contributed by atoms with Gasteiger partial charge >= 0.3 is 7.12 Å². The summed E-state index contributed by atoms with van der Waals surface area (Å²) >= 11 is 0. The van der Waals surface area contributed by atoms with Gasteiger partial charge in [-0.3, -0.25) is 4.79 Å². The van der Waals surface area contributed by atoms with Crippen LogP contribution in [0.3, 0.4) is 0 Å². The summed E-state index contributed by atoms with van der Waals surface area (Å²) in [5.41, 5.74) is 6.32. The maximum atomic E-state index is 13.2. The van der Waals surface area contributed by atoms with Crippen LogP contribution >= 0.6 is 0 Å². The van der Waals surface area contributed by atoms with Crippen LogP contribution in [-0.2, 0) is 30.6 Å². The normalized spacial score (nSPS) is 20.7. The highest BCUT2D eigenvalue weighted by atomic mass is 16.5. The first-order chi connectivity index (χ1) is 11.9. The van der Waals surface area contributed by atoms with Gasteiger partial charge in [0, 0.05) is 24.5 Å². The molecule has 1 aromatic heterocycles. The van der Waals surface area contributed by atoms with Gasteiger partial charge in [0.1, 0.15) is 5.69 Å². The molecule has 0 fully saturated rings. The second-order valence-electron chi connectivity index (χ2n) is 8.14. The Labute approximate surface area is 147 Å². The number of nitrogens with zero attached hydrogens (tertiary/aromatic N) is 2. The Kier molecular flexibility index (Phi) is 3.04. The molecule has 3 heterocycles. The van der Waals surface area contributed by atoms with Crippen LogP contribution in [0.5, 0.6) is 0 Å². The van der Waals surface area contributed by atoms with Crippen molar-refractivity contribution in [1.82, 2.24) is 4.57 Å². The number of hydrogen-bond acceptors (Lipinski definition) is 3. The highest BCUT2D eigenvalue weighted by Gasteiger charge is 2.38. The summed E-state index contributed by atoms with van der Waals surface area (Å²) in [6.45, 7) is 6.40. The molecule has 1 amide bonds. The molecule has 5 nitrogen and oxygen atoms in total. The fourth-order valence-electron chi connectivity index (χ4n) is 4.63. The zero-order valence-corrected chi connectivity index (χ0v) is 14.6. The topological polar surface area (TPSA) is 54.7 Å². The van der Waals surface area contributed by atoms with Crippen LogP contribution in [0.2, 0.25) is 0 Å². The van der Waals surface area contributed by atoms with Crippen molar-refractivity contribution >= 4 is 24.2 Å². The van der Waals surface area contributed by atoms with Gasteiger partial charge < -0.3 is 19.1 Å². The predicted molar refractivity (Wildman–Crippen MR) is 96.1 cm³/mol. The van der Waals surface area contributed by atoms with Crippen molar-refractivity contribution in [2.24, 2.45) is 5.41 Å². The number of fused-ring (bicyclic) bond motifs is 4. The summed E-state index contributed by atoms with van der Waals surface area (Å²) in [4.78, 5) is 15.0. The van der Waals surface area contributed by atoms with E-state index in [0.29, 0.717) is 18.6 Å². The third-order valence-electron chi connectivity index (χ3n) is 5.75. The summed E-state index contributed by atoms with van der Waals surface area (Å²) in [6.07, 6.45) is 2.08. The molecule has 25 heavy (non-hydrogen) atoms. The quantitative estimate of drug-likeness (QED) is 0.803. The number of carbonyl (C=O) groups is 1. The van der Waals surface area contributed by atoms with E-state index in [2.05, 4.69) is 24.5 Å². The average molecular weight is 336 g/mol. The molecule has 0 saturated carbocycles. The Morgan fingerprint density at radius 2 is 2.08 bits per heavy atom. The van der Waals surface area contributed by atoms with E-state index < -0.39 is 7.12 Å². The molecule has 0 saturated heterocycles. The summed E-state index contributed by atoms with van der Waals surface area (Å²) in [5, 5.41) is 9.93. The molecular weight excluding hydrogens is 315 g/mol. The second kappa shape index (κ2) is 4.99. The molecule has 2 aromatic rings. The lowest BCUT2D eigenvalue weighted by molar-refractivity contribution is 0.0964. The number of anilines is 1. The fraction of sp³-hybridized carbons (Fsp3) is 0.421. The maximum absolute atomic E-state index is 13.2. The molecule has 0 spiro atoms. The molecule has 128 valence electrons. The molecule has 1 aliphatic carbocycles. The summed E-state index contributed by atoms with van der Waals surface area (Å²) in [6, 6.07) is 7.79. The molecule has 1 aromatic carbocycles. The van der Waals surface area contributed by atoms with Gasteiger partial charge in [0.2, 0.25) is 0 Å². The van der Waals surface area contributed by atoms with Gasteiger partial charge in [0.15, 0.2) is 0 Å². The van der Waals surface area contributed by atoms with Crippen molar-refractivity contribution in [2.75, 3.05) is 11.4 Å². The number of aromatic nitrogens is 1. The minimum absolute atomic E-state index is 0.0493. The number of hydrogen-bond donors (Lipinski definition) is 1. The lowest BCUT2D eigenvalue weighted by atomic mass is 9.79. The molecule has 3 aliphatic rings. The molecule has 0 bridgehead atoms. The molecule has 0 radical (unpaired) electrons. The van der Waals surface area contributed by atoms with Crippen LogP contribution < -0.4 is 10.4 Å². The van der Waals surface area contributed by atoms with E-state index in [1.165, 1.54) is 11.3 Å². The van der Waals surface area contributed by atoms with E-state index in [1.807, 2.05) is 23.1 Å². The van der Waals surface area contributed by atoms with E-state index >= 15 is 0 Å². The molecule has 2 aliphatic heterocycles. The van der Waals surface area contributed by atoms with Gasteiger partial charge in [-0.25, -0.2) is 0 Å². The van der Waals surface area contributed by atoms with Gasteiger partial charge in [-0.15, -0.1) is 0 Å². The van der Waals surface area contributed by atoms with Crippen molar-refractivity contribution in [3.8, 4) is 0 Å². The first-order valence-corrected chi connectivity index (χ1v) is 8.89. The monoisotopic (exact) mass is 336 g/mol. The van der Waals surface area contributed by atoms with Gasteiger partial charge in [-0.1, -0.05) is 26.0 Å². The predicted octanol–water partition coefficient (Wildman–Crippen LogP) is 1.49. The van der Waals surface area contributed by atoms with Crippen LogP contribution in [-0.4, -0.2) is 29.2 Å². The second-order valence-corrected chi connectivity index (χ2v) is 8.14. The Morgan fingerprint density at radius 1 is 1.24 bits per heavy atom. The van der Waals surface area contributed by atoms with Gasteiger partial charge in [0.25, 0.3) is 5.91 Å². The smallest absolute Gasteiger partial charge is 0.423 e. The number of benzene rings is 1. The fourth-order valence-corrected chi connectivity index (χ4v) is 4.63. The van der Waals surface area contributed by atoms with E-state index in [4.69, 9.17) is 4.65 Å². The zero-order chi connectivity index (χ0) is 17.3. The van der Waals surface area contributed by atoms with E-state index in [0.717, 1.165) is 41.8 Å². The minimum Gasteiger partial charge on any atom is -0.423 e. The minimum atomic E-state index is -0.885. The van der Waals surface area contributed by atoms with Gasteiger partial charge in [-0.2, -0.15) is 0 Å². The van der Waals surface area contributed by atoms with Gasteiger partial charge in [-0.05, 0) is 47.0 Å². The molecule has 1 N–H and O–H groups in total. The van der Waals surface area contributed by atoms with E-state index in [9.17, 15) is 9.82 Å². The van der Waals surface area contributed by atoms with Crippen LogP contribution in [0, 0.1) is 5.41 Å². The number of rotatable bonds is 1. The Bertz CT molecular complexity index is 902. The first kappa shape index (κ1) is 15.2. The number of amides is 1. The Balaban J connectivity index is 1.54. The van der Waals surface area contributed by atoms with Crippen molar-refractivity contribution in [2.45, 2.75) is 39.8 Å². The highest BCUT2D eigenvalue weighted by Crippen LogP contribution is 2.39. The average Bonchev–Trinajstić information content (AvgIpc) is 3.19. The summed E-state index contributed by atoms with van der Waals surface area (Å²) in [5.74, 6) is 0.0493. The standard InChI is InChI=1S/C19H21BN2O3/c1-19(2)9-12-8-16-18(23)22(7-6-21(16)17(12)10-19)15-5-3-4-14-13(15)11-25-20(14)24/h3-5,8,24H,6-7,9-11H2,1-2H3. The van der Waals surface area contributed by atoms with Gasteiger partial charge in [0.05, 0.1) is 6.61 Å². The van der Waals surface area contributed by atoms with Crippen LogP contribution in [0.1, 0.15) is 41.2 Å². The number of carbonyl (C=O) groups excluding carboxylic acids is 1. The van der Waals surface area contributed by atoms with E-state index in [1.54, 1.807) is 0 Å². The summed E-state index contributed by atoms with van der Waals surface area (Å²) in [7, 11) is -0.885. The third kappa shape index (κ3) is 2.14. The molecule has 0 unspecified atom stereocenters. The van der Waals surface area contributed by atoms with Crippen molar-refractivity contribution in [3.63, 3.8) is 0 Å². The van der Waals surface area contributed by atoms with Crippen LogP contribution in [0.15, 0.2) is 24.3 Å². The van der Waals surface area contributed by atoms with Crippen molar-refractivity contribution in [3.05, 3.63) is 46.8 Å². The zero-order valence-electron chi connectivity index (χ0n) is 14.6. The lowest BCUT2D eigenvalue weighted by Gasteiger charge is -2.31. The first-order valence-electron chi connectivity index (χ1n) is 8.89. The van der Waals surface area contributed by atoms with Crippen LogP contribution in [0.4, 0.5) is 5.69 Å². The van der Waals surface area contributed by atoms with Crippen molar-refractivity contribution in [1.29, 1.82) is 0 Å². The molecule has 0 atom stereocenters. The maximum Gasteiger partial charge on any atom is 0.491 e. The SMILES string of the molecule is CC1(C)Cc2cc3n(c2C1)CCN(c1cccc2c1COB2O)C3=O. The van der Waals surface area contributed by atoms with Crippen LogP contribution in [0.25, 0.3) is 0 Å². The third-order valence-corrected chi connectivity index (χ3v) is 5.75. The molecule has 6 heteroatoms. The Morgan fingerprint density at radius 3 is 2.92 bits per heavy atom.